The minimum atomic E-state index is -1.00. The van der Waals surface area contributed by atoms with Crippen molar-refractivity contribution >= 4 is 29.0 Å². The lowest BCUT2D eigenvalue weighted by Crippen LogP contribution is -2.39. The zero-order chi connectivity index (χ0) is 30.0. The smallest absolute Gasteiger partial charge is 0.278 e. The Balaban J connectivity index is 1.39. The van der Waals surface area contributed by atoms with Crippen LogP contribution in [0, 0.1) is 11.7 Å². The molecule has 0 bridgehead atoms. The van der Waals surface area contributed by atoms with E-state index in [0.717, 1.165) is 6.42 Å². The Bertz CT molecular complexity index is 1660. The molecule has 12 nitrogen and oxygen atoms in total. The molecule has 1 aliphatic heterocycles. The summed E-state index contributed by atoms with van der Waals surface area (Å²) in [6.45, 7) is 4.42. The van der Waals surface area contributed by atoms with Crippen LogP contribution in [0.5, 0.6) is 5.75 Å². The van der Waals surface area contributed by atoms with Crippen molar-refractivity contribution in [1.29, 1.82) is 0 Å². The van der Waals surface area contributed by atoms with Gasteiger partial charge in [0.15, 0.2) is 0 Å². The van der Waals surface area contributed by atoms with Crippen LogP contribution < -0.4 is 20.9 Å². The van der Waals surface area contributed by atoms with Crippen molar-refractivity contribution in [2.24, 2.45) is 5.92 Å². The minimum absolute atomic E-state index is 0.149. The summed E-state index contributed by atoms with van der Waals surface area (Å²) in [5.74, 6) is -0.220. The Hall–Kier alpha value is -4.07. The van der Waals surface area contributed by atoms with Gasteiger partial charge in [0, 0.05) is 30.5 Å². The number of aliphatic hydroxyl groups is 1. The topological polar surface area (TPSA) is 145 Å². The summed E-state index contributed by atoms with van der Waals surface area (Å²) in [7, 11) is 1.39. The van der Waals surface area contributed by atoms with Gasteiger partial charge in [-0.15, -0.1) is 0 Å². The lowest BCUT2D eigenvalue weighted by Gasteiger charge is -2.29. The number of anilines is 1. The molecule has 1 amide bonds. The zero-order valence-corrected chi connectivity index (χ0v) is 24.0. The van der Waals surface area contributed by atoms with Gasteiger partial charge in [-0.1, -0.05) is 18.5 Å². The Morgan fingerprint density at radius 3 is 2.88 bits per heavy atom. The molecule has 4 aromatic rings. The molecule has 0 aliphatic carbocycles. The molecule has 3 N–H and O–H groups in total. The number of aromatic nitrogens is 5. The van der Waals surface area contributed by atoms with E-state index in [9.17, 15) is 19.1 Å². The van der Waals surface area contributed by atoms with Crippen molar-refractivity contribution in [3.8, 4) is 17.0 Å². The van der Waals surface area contributed by atoms with E-state index in [4.69, 9.17) is 21.1 Å². The van der Waals surface area contributed by atoms with E-state index in [2.05, 4.69) is 32.6 Å². The third kappa shape index (κ3) is 6.08. The second-order valence-corrected chi connectivity index (χ2v) is 10.6. The number of fused-ring (bicyclic) bond motifs is 1. The van der Waals surface area contributed by atoms with Crippen LogP contribution >= 0.6 is 11.6 Å². The van der Waals surface area contributed by atoms with Gasteiger partial charge < -0.3 is 25.2 Å². The molecule has 3 aromatic heterocycles. The molecular weight excluding hydrogens is 569 g/mol. The maximum absolute atomic E-state index is 14.0. The number of hydrogen-bond donors (Lipinski definition) is 3. The number of methoxy groups -OCH3 is 1. The SMILES string of the molecule is COc1cc(F)cc(C(CO)NC(=O)C(C)n2cnn3cc(-c4nc(N[C@@H]5CCOC[C@H]5C)ncc4Cl)cc3c2=O)c1. The second kappa shape index (κ2) is 12.4. The van der Waals surface area contributed by atoms with Gasteiger partial charge in [-0.05, 0) is 43.0 Å². The fourth-order valence-corrected chi connectivity index (χ4v) is 5.06. The molecule has 14 heteroatoms. The maximum Gasteiger partial charge on any atom is 0.278 e. The fraction of sp³-hybridized carbons (Fsp3) is 0.393. The summed E-state index contributed by atoms with van der Waals surface area (Å²) in [4.78, 5) is 35.5. The first-order valence-corrected chi connectivity index (χ1v) is 13.8. The average Bonchev–Trinajstić information content (AvgIpc) is 3.42. The zero-order valence-electron chi connectivity index (χ0n) is 23.3. The van der Waals surface area contributed by atoms with Crippen molar-refractivity contribution in [3.63, 3.8) is 0 Å². The Labute approximate surface area is 245 Å². The van der Waals surface area contributed by atoms with Crippen molar-refractivity contribution in [3.05, 3.63) is 69.7 Å². The maximum atomic E-state index is 14.0. The molecule has 0 spiro atoms. The molecule has 5 rings (SSSR count). The number of rotatable bonds is 9. The van der Waals surface area contributed by atoms with E-state index < -0.39 is 36.0 Å². The highest BCUT2D eigenvalue weighted by Crippen LogP contribution is 2.28. The number of hydrogen-bond acceptors (Lipinski definition) is 9. The summed E-state index contributed by atoms with van der Waals surface area (Å²) in [6.07, 6.45) is 5.20. The van der Waals surface area contributed by atoms with Gasteiger partial charge >= 0.3 is 0 Å². The quantitative estimate of drug-likeness (QED) is 0.264. The number of carbonyl (C=O) groups excluding carboxylic acids is 1. The molecular formula is C28H31ClFN7O5. The Morgan fingerprint density at radius 2 is 2.14 bits per heavy atom. The van der Waals surface area contributed by atoms with Crippen molar-refractivity contribution < 1.29 is 23.8 Å². The highest BCUT2D eigenvalue weighted by Gasteiger charge is 2.25. The fourth-order valence-electron chi connectivity index (χ4n) is 4.86. The number of carbonyl (C=O) groups is 1. The molecule has 1 saturated heterocycles. The highest BCUT2D eigenvalue weighted by atomic mass is 35.5. The van der Waals surface area contributed by atoms with Crippen LogP contribution in [0.4, 0.5) is 10.3 Å². The highest BCUT2D eigenvalue weighted by molar-refractivity contribution is 6.32. The molecule has 222 valence electrons. The van der Waals surface area contributed by atoms with Crippen LogP contribution in [0.3, 0.4) is 0 Å². The third-order valence-corrected chi connectivity index (χ3v) is 7.63. The van der Waals surface area contributed by atoms with Crippen LogP contribution in [0.2, 0.25) is 5.02 Å². The lowest BCUT2D eigenvalue weighted by atomic mass is 9.98. The van der Waals surface area contributed by atoms with Crippen LogP contribution in [0.15, 0.2) is 47.8 Å². The molecule has 1 aromatic carbocycles. The number of amides is 1. The van der Waals surface area contributed by atoms with Crippen molar-refractivity contribution in [2.45, 2.75) is 38.4 Å². The minimum Gasteiger partial charge on any atom is -0.497 e. The van der Waals surface area contributed by atoms with Crippen molar-refractivity contribution in [1.82, 2.24) is 29.5 Å². The molecule has 0 saturated carbocycles. The predicted molar refractivity (Wildman–Crippen MR) is 153 cm³/mol. The monoisotopic (exact) mass is 599 g/mol. The molecule has 0 radical (unpaired) electrons. The van der Waals surface area contributed by atoms with Crippen LogP contribution in [-0.2, 0) is 9.53 Å². The summed E-state index contributed by atoms with van der Waals surface area (Å²) in [5.41, 5.74) is 1.00. The van der Waals surface area contributed by atoms with Gasteiger partial charge in [-0.3, -0.25) is 14.2 Å². The number of aliphatic hydroxyl groups excluding tert-OH is 1. The van der Waals surface area contributed by atoms with E-state index in [0.29, 0.717) is 41.0 Å². The van der Waals surface area contributed by atoms with E-state index >= 15 is 0 Å². The summed E-state index contributed by atoms with van der Waals surface area (Å²) < 4.78 is 27.2. The average molecular weight is 600 g/mol. The van der Waals surface area contributed by atoms with Gasteiger partial charge in [0.1, 0.15) is 29.5 Å². The van der Waals surface area contributed by atoms with Crippen LogP contribution in [0.25, 0.3) is 16.8 Å². The number of ether oxygens (including phenoxy) is 2. The number of nitrogens with zero attached hydrogens (tertiary/aromatic N) is 5. The first-order valence-electron chi connectivity index (χ1n) is 13.4. The standard InChI is InChI=1S/C28H31ClFN7O5/c1-15-13-42-5-4-22(15)34-28-31-10-21(29)25(35-28)18-8-24-27(40)36(14-32-37(24)11-18)16(2)26(39)33-23(12-38)17-6-19(30)9-20(7-17)41-3/h6-11,14-16,22-23,38H,4-5,12-13H2,1-3H3,(H,33,39)(H,31,34,35)/t15-,16?,22-,23?/m1/s1. The van der Waals surface area contributed by atoms with E-state index in [1.807, 2.05) is 0 Å². The predicted octanol–water partition coefficient (Wildman–Crippen LogP) is 3.00. The Kier molecular flexibility index (Phi) is 8.71. The van der Waals surface area contributed by atoms with Gasteiger partial charge in [-0.2, -0.15) is 5.10 Å². The van der Waals surface area contributed by atoms with E-state index in [1.54, 1.807) is 12.3 Å². The first kappa shape index (κ1) is 29.4. The van der Waals surface area contributed by atoms with E-state index in [1.165, 1.54) is 53.8 Å². The van der Waals surface area contributed by atoms with Crippen LogP contribution in [0.1, 0.15) is 37.9 Å². The largest absolute Gasteiger partial charge is 0.497 e. The lowest BCUT2D eigenvalue weighted by molar-refractivity contribution is -0.125. The number of benzene rings is 1. The normalized spacial score (nSPS) is 18.4. The molecule has 4 atom stereocenters. The number of nitrogens with one attached hydrogen (secondary N) is 2. The summed E-state index contributed by atoms with van der Waals surface area (Å²) in [5, 5.41) is 20.5. The van der Waals surface area contributed by atoms with Gasteiger partial charge in [-0.25, -0.2) is 18.9 Å². The molecule has 2 unspecified atom stereocenters. The van der Waals surface area contributed by atoms with E-state index in [-0.39, 0.29) is 23.2 Å². The molecule has 1 aliphatic rings. The van der Waals surface area contributed by atoms with Gasteiger partial charge in [0.05, 0.1) is 43.3 Å². The number of halogens is 2. The summed E-state index contributed by atoms with van der Waals surface area (Å²) in [6, 6.07) is 3.71. The van der Waals surface area contributed by atoms with Crippen molar-refractivity contribution in [2.75, 3.05) is 32.2 Å². The molecule has 4 heterocycles. The summed E-state index contributed by atoms with van der Waals surface area (Å²) >= 11 is 6.44. The van der Waals surface area contributed by atoms with Gasteiger partial charge in [0.2, 0.25) is 11.9 Å². The third-order valence-electron chi connectivity index (χ3n) is 7.35. The molecule has 1 fully saturated rings. The van der Waals surface area contributed by atoms with Gasteiger partial charge in [0.25, 0.3) is 5.56 Å². The molecule has 42 heavy (non-hydrogen) atoms. The first-order chi connectivity index (χ1) is 20.2. The van der Waals surface area contributed by atoms with Crippen LogP contribution in [-0.4, -0.2) is 68.1 Å². The second-order valence-electron chi connectivity index (χ2n) is 10.2. The Morgan fingerprint density at radius 1 is 1.33 bits per heavy atom.